The Morgan fingerprint density at radius 3 is 2.46 bits per heavy atom. The summed E-state index contributed by atoms with van der Waals surface area (Å²) in [5.74, 6) is -0.165. The largest absolute Gasteiger partial charge is 0.328 e. The normalized spacial score (nSPS) is 8.69. The molecule has 0 aliphatic heterocycles. The molecule has 0 unspecified atom stereocenters. The second kappa shape index (κ2) is 6.78. The van der Waals surface area contributed by atoms with E-state index in [1.165, 1.54) is 11.9 Å². The van der Waals surface area contributed by atoms with E-state index in [1.807, 2.05) is 26.2 Å². The molecule has 1 aromatic carbocycles. The maximum atomic E-state index is 13.1. The van der Waals surface area contributed by atoms with Crippen molar-refractivity contribution < 1.29 is 4.39 Å². The van der Waals surface area contributed by atoms with Crippen LogP contribution in [0.2, 0.25) is 0 Å². The highest BCUT2D eigenvalue weighted by Gasteiger charge is 2.01. The van der Waals surface area contributed by atoms with Crippen LogP contribution >= 0.6 is 11.9 Å². The van der Waals surface area contributed by atoms with Gasteiger partial charge in [-0.25, -0.2) is 4.39 Å². The Labute approximate surface area is 83.9 Å². The van der Waals surface area contributed by atoms with Gasteiger partial charge in [-0.3, -0.25) is 0 Å². The van der Waals surface area contributed by atoms with Gasteiger partial charge in [0, 0.05) is 6.26 Å². The molecule has 0 amide bonds. The van der Waals surface area contributed by atoms with Crippen molar-refractivity contribution in [2.24, 2.45) is 0 Å². The Morgan fingerprint density at radius 2 is 1.92 bits per heavy atom. The Hall–Kier alpha value is -0.700. The van der Waals surface area contributed by atoms with Gasteiger partial charge >= 0.3 is 0 Å². The molecule has 1 N–H and O–H groups in total. The van der Waals surface area contributed by atoms with Crippen molar-refractivity contribution in [3.05, 3.63) is 29.6 Å². The molecule has 1 rings (SSSR count). The van der Waals surface area contributed by atoms with E-state index in [-0.39, 0.29) is 5.82 Å². The van der Waals surface area contributed by atoms with Crippen molar-refractivity contribution in [3.8, 4) is 0 Å². The quantitative estimate of drug-likeness (QED) is 0.729. The summed E-state index contributed by atoms with van der Waals surface area (Å²) in [5.41, 5.74) is 1.22. The number of rotatable bonds is 2. The number of hydrogen-bond acceptors (Lipinski definition) is 2. The SMILES string of the molecule is CC.CSNc1cccc(C)c1F. The smallest absolute Gasteiger partial charge is 0.150 e. The number of aryl methyl sites for hydroxylation is 1. The third kappa shape index (κ3) is 3.68. The van der Waals surface area contributed by atoms with Crippen molar-refractivity contribution in [2.45, 2.75) is 20.8 Å². The van der Waals surface area contributed by atoms with E-state index in [2.05, 4.69) is 4.72 Å². The van der Waals surface area contributed by atoms with Crippen LogP contribution in [-0.2, 0) is 0 Å². The summed E-state index contributed by atoms with van der Waals surface area (Å²) in [6.45, 7) is 5.75. The van der Waals surface area contributed by atoms with Gasteiger partial charge in [0.2, 0.25) is 0 Å². The van der Waals surface area contributed by atoms with Crippen LogP contribution in [0.4, 0.5) is 10.1 Å². The molecule has 3 heteroatoms. The molecule has 1 aromatic rings. The number of halogens is 1. The molecular formula is C10H16FNS. The lowest BCUT2D eigenvalue weighted by atomic mass is 10.2. The summed E-state index contributed by atoms with van der Waals surface area (Å²) >= 11 is 1.39. The highest BCUT2D eigenvalue weighted by Crippen LogP contribution is 2.18. The lowest BCUT2D eigenvalue weighted by molar-refractivity contribution is 0.623. The zero-order chi connectivity index (χ0) is 10.3. The van der Waals surface area contributed by atoms with Gasteiger partial charge in [-0.2, -0.15) is 0 Å². The van der Waals surface area contributed by atoms with Gasteiger partial charge in [0.05, 0.1) is 5.69 Å². The molecule has 0 heterocycles. The van der Waals surface area contributed by atoms with Crippen LogP contribution in [0.5, 0.6) is 0 Å². The fourth-order valence-electron chi connectivity index (χ4n) is 0.836. The fraction of sp³-hybridized carbons (Fsp3) is 0.400. The Bertz CT molecular complexity index is 251. The van der Waals surface area contributed by atoms with E-state index >= 15 is 0 Å². The van der Waals surface area contributed by atoms with Gasteiger partial charge < -0.3 is 4.72 Å². The van der Waals surface area contributed by atoms with E-state index in [1.54, 1.807) is 19.1 Å². The minimum atomic E-state index is -0.165. The maximum Gasteiger partial charge on any atom is 0.150 e. The van der Waals surface area contributed by atoms with E-state index < -0.39 is 0 Å². The predicted octanol–water partition coefficient (Wildman–Crippen LogP) is 3.85. The summed E-state index contributed by atoms with van der Waals surface area (Å²) < 4.78 is 16.0. The molecule has 0 bridgehead atoms. The van der Waals surface area contributed by atoms with Crippen LogP contribution < -0.4 is 4.72 Å². The molecule has 0 aliphatic rings. The van der Waals surface area contributed by atoms with Crippen LogP contribution in [0, 0.1) is 12.7 Å². The molecule has 0 aliphatic carbocycles. The lowest BCUT2D eigenvalue weighted by Crippen LogP contribution is -1.91. The van der Waals surface area contributed by atoms with Crippen molar-refractivity contribution in [3.63, 3.8) is 0 Å². The third-order valence-corrected chi connectivity index (χ3v) is 1.83. The van der Waals surface area contributed by atoms with Gasteiger partial charge in [-0.15, -0.1) is 0 Å². The minimum absolute atomic E-state index is 0.165. The minimum Gasteiger partial charge on any atom is -0.328 e. The number of benzene rings is 1. The Morgan fingerprint density at radius 1 is 1.31 bits per heavy atom. The average Bonchev–Trinajstić information content (AvgIpc) is 2.17. The summed E-state index contributed by atoms with van der Waals surface area (Å²) in [6.07, 6.45) is 1.86. The average molecular weight is 201 g/mol. The molecule has 13 heavy (non-hydrogen) atoms. The molecule has 0 spiro atoms. The van der Waals surface area contributed by atoms with E-state index in [0.29, 0.717) is 11.3 Å². The summed E-state index contributed by atoms with van der Waals surface area (Å²) in [7, 11) is 0. The van der Waals surface area contributed by atoms with Crippen molar-refractivity contribution in [1.82, 2.24) is 0 Å². The van der Waals surface area contributed by atoms with Gasteiger partial charge in [0.1, 0.15) is 5.82 Å². The van der Waals surface area contributed by atoms with E-state index in [9.17, 15) is 4.39 Å². The van der Waals surface area contributed by atoms with Crippen LogP contribution in [0.25, 0.3) is 0 Å². The molecule has 0 aromatic heterocycles. The molecule has 0 fully saturated rings. The molecule has 74 valence electrons. The molecular weight excluding hydrogens is 185 g/mol. The lowest BCUT2D eigenvalue weighted by Gasteiger charge is -2.04. The summed E-state index contributed by atoms with van der Waals surface area (Å²) in [6, 6.07) is 5.30. The first-order valence-corrected chi connectivity index (χ1v) is 5.52. The number of nitrogens with one attached hydrogen (secondary N) is 1. The second-order valence-corrected chi connectivity index (χ2v) is 2.86. The first kappa shape index (κ1) is 12.3. The van der Waals surface area contributed by atoms with Crippen molar-refractivity contribution in [2.75, 3.05) is 11.0 Å². The maximum absolute atomic E-state index is 13.1. The molecule has 0 radical (unpaired) electrons. The number of hydrogen-bond donors (Lipinski definition) is 1. The summed E-state index contributed by atoms with van der Waals surface area (Å²) in [4.78, 5) is 0. The van der Waals surface area contributed by atoms with Gasteiger partial charge in [-0.05, 0) is 18.6 Å². The third-order valence-electron chi connectivity index (χ3n) is 1.40. The first-order valence-electron chi connectivity index (χ1n) is 4.30. The van der Waals surface area contributed by atoms with Crippen LogP contribution in [0.3, 0.4) is 0 Å². The first-order chi connectivity index (χ1) is 6.25. The number of anilines is 1. The Kier molecular flexibility index (Phi) is 6.41. The highest BCUT2D eigenvalue weighted by atomic mass is 32.2. The monoisotopic (exact) mass is 201 g/mol. The zero-order valence-electron chi connectivity index (χ0n) is 8.52. The Balaban J connectivity index is 0.000000671. The zero-order valence-corrected chi connectivity index (χ0v) is 9.33. The van der Waals surface area contributed by atoms with Gasteiger partial charge in [0.25, 0.3) is 0 Å². The standard InChI is InChI=1S/C8H10FNS.C2H6/c1-6-4-3-5-7(8(6)9)10-11-2;1-2/h3-5,10H,1-2H3;1-2H3. The second-order valence-electron chi connectivity index (χ2n) is 2.24. The summed E-state index contributed by atoms with van der Waals surface area (Å²) in [5, 5.41) is 0. The molecule has 0 atom stereocenters. The van der Waals surface area contributed by atoms with E-state index in [0.717, 1.165) is 0 Å². The molecule has 1 nitrogen and oxygen atoms in total. The van der Waals surface area contributed by atoms with Crippen molar-refractivity contribution >= 4 is 17.6 Å². The van der Waals surface area contributed by atoms with Gasteiger partial charge in [0.15, 0.2) is 0 Å². The highest BCUT2D eigenvalue weighted by molar-refractivity contribution is 7.99. The fourth-order valence-corrected chi connectivity index (χ4v) is 1.21. The van der Waals surface area contributed by atoms with Crippen molar-refractivity contribution in [1.29, 1.82) is 0 Å². The predicted molar refractivity (Wildman–Crippen MR) is 59.6 cm³/mol. The molecule has 0 saturated heterocycles. The molecule has 0 saturated carbocycles. The topological polar surface area (TPSA) is 12.0 Å². The van der Waals surface area contributed by atoms with Crippen LogP contribution in [0.15, 0.2) is 18.2 Å². The van der Waals surface area contributed by atoms with Gasteiger partial charge in [-0.1, -0.05) is 37.9 Å². The van der Waals surface area contributed by atoms with Crippen LogP contribution in [-0.4, -0.2) is 6.26 Å². The van der Waals surface area contributed by atoms with Crippen LogP contribution in [0.1, 0.15) is 19.4 Å². The van der Waals surface area contributed by atoms with E-state index in [4.69, 9.17) is 0 Å².